The SMILES string of the molecule is COc1ccccc1C(O)Cn1cc(C(=O)Nc2ccc(S(N)(=O)=O)cc2)nn1. The molecule has 0 aliphatic heterocycles. The Hall–Kier alpha value is -3.28. The van der Waals surface area contributed by atoms with Gasteiger partial charge in [0.2, 0.25) is 10.0 Å². The van der Waals surface area contributed by atoms with Crippen molar-refractivity contribution in [3.63, 3.8) is 0 Å². The number of ether oxygens (including phenoxy) is 1. The number of anilines is 1. The number of aromatic nitrogens is 3. The van der Waals surface area contributed by atoms with Gasteiger partial charge in [-0.2, -0.15) is 0 Å². The van der Waals surface area contributed by atoms with Crippen LogP contribution in [-0.2, 0) is 16.6 Å². The van der Waals surface area contributed by atoms with Crippen molar-refractivity contribution in [3.8, 4) is 5.75 Å². The number of aliphatic hydroxyl groups excluding tert-OH is 1. The predicted octanol–water partition coefficient (Wildman–Crippen LogP) is 0.920. The fourth-order valence-corrected chi connectivity index (χ4v) is 3.15. The third kappa shape index (κ3) is 4.96. The van der Waals surface area contributed by atoms with E-state index in [1.807, 2.05) is 0 Å². The average Bonchev–Trinajstić information content (AvgIpc) is 3.16. The normalized spacial score (nSPS) is 12.4. The highest BCUT2D eigenvalue weighted by Crippen LogP contribution is 2.25. The molecule has 0 aliphatic carbocycles. The molecule has 1 atom stereocenters. The minimum Gasteiger partial charge on any atom is -0.496 e. The second-order valence-corrected chi connectivity index (χ2v) is 7.67. The summed E-state index contributed by atoms with van der Waals surface area (Å²) in [5, 5.41) is 25.7. The first-order chi connectivity index (χ1) is 13.8. The van der Waals surface area contributed by atoms with E-state index < -0.39 is 22.0 Å². The van der Waals surface area contributed by atoms with Crippen molar-refractivity contribution in [2.75, 3.05) is 12.4 Å². The van der Waals surface area contributed by atoms with Gasteiger partial charge in [-0.05, 0) is 30.3 Å². The first-order valence-electron chi connectivity index (χ1n) is 8.43. The summed E-state index contributed by atoms with van der Waals surface area (Å²) in [6.45, 7) is 0.0731. The lowest BCUT2D eigenvalue weighted by Gasteiger charge is -2.14. The monoisotopic (exact) mass is 417 g/mol. The number of sulfonamides is 1. The zero-order valence-electron chi connectivity index (χ0n) is 15.4. The Morgan fingerprint density at radius 1 is 1.24 bits per heavy atom. The molecular formula is C18H19N5O5S. The number of aliphatic hydroxyl groups is 1. The number of carbonyl (C=O) groups excluding carboxylic acids is 1. The van der Waals surface area contributed by atoms with Gasteiger partial charge >= 0.3 is 0 Å². The van der Waals surface area contributed by atoms with Crippen LogP contribution in [0.4, 0.5) is 5.69 Å². The molecule has 1 heterocycles. The molecule has 4 N–H and O–H groups in total. The van der Waals surface area contributed by atoms with Crippen LogP contribution in [0.5, 0.6) is 5.75 Å². The molecule has 0 fully saturated rings. The van der Waals surface area contributed by atoms with E-state index in [4.69, 9.17) is 9.88 Å². The molecular weight excluding hydrogens is 398 g/mol. The molecule has 0 bridgehead atoms. The van der Waals surface area contributed by atoms with E-state index in [0.717, 1.165) is 0 Å². The first-order valence-corrected chi connectivity index (χ1v) is 9.98. The number of nitrogens with one attached hydrogen (secondary N) is 1. The van der Waals surface area contributed by atoms with Crippen LogP contribution in [0.3, 0.4) is 0 Å². The van der Waals surface area contributed by atoms with Gasteiger partial charge in [0.25, 0.3) is 5.91 Å². The molecule has 1 aromatic heterocycles. The minimum absolute atomic E-state index is 0.0350. The van der Waals surface area contributed by atoms with E-state index >= 15 is 0 Å². The molecule has 0 saturated heterocycles. The lowest BCUT2D eigenvalue weighted by molar-refractivity contribution is 0.102. The number of amides is 1. The van der Waals surface area contributed by atoms with Gasteiger partial charge in [0.05, 0.1) is 24.7 Å². The maximum Gasteiger partial charge on any atom is 0.277 e. The Bertz CT molecular complexity index is 1110. The van der Waals surface area contributed by atoms with E-state index in [9.17, 15) is 18.3 Å². The lowest BCUT2D eigenvalue weighted by atomic mass is 10.1. The summed E-state index contributed by atoms with van der Waals surface area (Å²) in [5.74, 6) is 0.00686. The quantitative estimate of drug-likeness (QED) is 0.517. The highest BCUT2D eigenvalue weighted by atomic mass is 32.2. The van der Waals surface area contributed by atoms with Gasteiger partial charge in [0, 0.05) is 11.3 Å². The molecule has 10 nitrogen and oxygen atoms in total. The van der Waals surface area contributed by atoms with Gasteiger partial charge in [-0.3, -0.25) is 4.79 Å². The summed E-state index contributed by atoms with van der Waals surface area (Å²) in [6, 6.07) is 12.4. The molecule has 0 spiro atoms. The summed E-state index contributed by atoms with van der Waals surface area (Å²) >= 11 is 0. The minimum atomic E-state index is -3.81. The van der Waals surface area contributed by atoms with Crippen LogP contribution in [0.2, 0.25) is 0 Å². The fourth-order valence-electron chi connectivity index (χ4n) is 2.63. The van der Waals surface area contributed by atoms with Crippen molar-refractivity contribution < 1.29 is 23.1 Å². The predicted molar refractivity (Wildman–Crippen MR) is 104 cm³/mol. The topological polar surface area (TPSA) is 149 Å². The number of primary sulfonamides is 1. The summed E-state index contributed by atoms with van der Waals surface area (Å²) in [5.41, 5.74) is 0.991. The van der Waals surface area contributed by atoms with Crippen LogP contribution in [0.15, 0.2) is 59.6 Å². The highest BCUT2D eigenvalue weighted by molar-refractivity contribution is 7.89. The molecule has 1 amide bonds. The Balaban J connectivity index is 1.67. The van der Waals surface area contributed by atoms with Crippen LogP contribution in [0.25, 0.3) is 0 Å². The van der Waals surface area contributed by atoms with Gasteiger partial charge in [-0.15, -0.1) is 5.10 Å². The highest BCUT2D eigenvalue weighted by Gasteiger charge is 2.17. The van der Waals surface area contributed by atoms with Gasteiger partial charge < -0.3 is 15.2 Å². The smallest absolute Gasteiger partial charge is 0.277 e. The fraction of sp³-hybridized carbons (Fsp3) is 0.167. The van der Waals surface area contributed by atoms with Crippen molar-refractivity contribution >= 4 is 21.6 Å². The number of para-hydroxylation sites is 1. The average molecular weight is 417 g/mol. The van der Waals surface area contributed by atoms with Crippen molar-refractivity contribution in [2.24, 2.45) is 5.14 Å². The maximum atomic E-state index is 12.3. The number of hydrogen-bond donors (Lipinski definition) is 3. The van der Waals surface area contributed by atoms with E-state index in [-0.39, 0.29) is 17.1 Å². The summed E-state index contributed by atoms with van der Waals surface area (Å²) < 4.78 is 29.1. The Labute approximate surface area is 167 Å². The maximum absolute atomic E-state index is 12.3. The standard InChI is InChI=1S/C18H19N5O5S/c1-28-17-5-3-2-4-14(17)16(24)11-23-10-15(21-22-23)18(25)20-12-6-8-13(9-7-12)29(19,26)27/h2-10,16,24H,11H2,1H3,(H,20,25)(H2,19,26,27). The first kappa shape index (κ1) is 20.5. The van der Waals surface area contributed by atoms with Crippen LogP contribution in [-0.4, -0.2) is 41.5 Å². The third-order valence-corrected chi connectivity index (χ3v) is 5.00. The molecule has 3 aromatic rings. The van der Waals surface area contributed by atoms with E-state index in [2.05, 4.69) is 15.6 Å². The van der Waals surface area contributed by atoms with Crippen molar-refractivity contribution in [3.05, 3.63) is 66.0 Å². The second-order valence-electron chi connectivity index (χ2n) is 6.11. The van der Waals surface area contributed by atoms with Crippen LogP contribution in [0, 0.1) is 0 Å². The Morgan fingerprint density at radius 2 is 1.93 bits per heavy atom. The molecule has 1 unspecified atom stereocenters. The van der Waals surface area contributed by atoms with Crippen molar-refractivity contribution in [1.82, 2.24) is 15.0 Å². The number of hydrogen-bond acceptors (Lipinski definition) is 7. The molecule has 29 heavy (non-hydrogen) atoms. The Kier molecular flexibility index (Phi) is 5.92. The van der Waals surface area contributed by atoms with Gasteiger partial charge in [0.15, 0.2) is 5.69 Å². The molecule has 11 heteroatoms. The van der Waals surface area contributed by atoms with Crippen LogP contribution >= 0.6 is 0 Å². The van der Waals surface area contributed by atoms with Crippen LogP contribution < -0.4 is 15.2 Å². The molecule has 0 aliphatic rings. The molecule has 0 radical (unpaired) electrons. The molecule has 2 aromatic carbocycles. The summed E-state index contributed by atoms with van der Waals surface area (Å²) in [4.78, 5) is 12.2. The van der Waals surface area contributed by atoms with E-state index in [1.54, 1.807) is 24.3 Å². The number of carbonyl (C=O) groups is 1. The van der Waals surface area contributed by atoms with E-state index in [1.165, 1.54) is 42.3 Å². The van der Waals surface area contributed by atoms with Crippen molar-refractivity contribution in [1.29, 1.82) is 0 Å². The van der Waals surface area contributed by atoms with E-state index in [0.29, 0.717) is 17.0 Å². The molecule has 3 rings (SSSR count). The van der Waals surface area contributed by atoms with Crippen LogP contribution in [0.1, 0.15) is 22.2 Å². The Morgan fingerprint density at radius 3 is 2.59 bits per heavy atom. The second kappa shape index (κ2) is 8.39. The molecule has 0 saturated carbocycles. The lowest BCUT2D eigenvalue weighted by Crippen LogP contribution is -2.14. The number of nitrogens with two attached hydrogens (primary N) is 1. The van der Waals surface area contributed by atoms with Gasteiger partial charge in [-0.25, -0.2) is 18.2 Å². The summed E-state index contributed by atoms with van der Waals surface area (Å²) in [6.07, 6.45) is 0.488. The zero-order chi connectivity index (χ0) is 21.0. The number of benzene rings is 2. The van der Waals surface area contributed by atoms with Gasteiger partial charge in [0.1, 0.15) is 11.9 Å². The zero-order valence-corrected chi connectivity index (χ0v) is 16.2. The van der Waals surface area contributed by atoms with Gasteiger partial charge in [-0.1, -0.05) is 23.4 Å². The third-order valence-electron chi connectivity index (χ3n) is 4.07. The summed E-state index contributed by atoms with van der Waals surface area (Å²) in [7, 11) is -2.29. The van der Waals surface area contributed by atoms with Crippen molar-refractivity contribution in [2.45, 2.75) is 17.5 Å². The number of methoxy groups -OCH3 is 1. The number of nitrogens with zero attached hydrogens (tertiary/aromatic N) is 3. The largest absolute Gasteiger partial charge is 0.496 e. The molecule has 152 valence electrons. The number of rotatable bonds is 7.